The molecule has 0 aromatic carbocycles. The highest BCUT2D eigenvalue weighted by Gasteiger charge is 2.15. The maximum Gasteiger partial charge on any atom is 0.102 e. The summed E-state index contributed by atoms with van der Waals surface area (Å²) in [6.07, 6.45) is 7.23. The van der Waals surface area contributed by atoms with Gasteiger partial charge in [0.1, 0.15) is 6.54 Å². The van der Waals surface area contributed by atoms with Gasteiger partial charge in [0.2, 0.25) is 0 Å². The van der Waals surface area contributed by atoms with Crippen LogP contribution in [0.3, 0.4) is 0 Å². The highest BCUT2D eigenvalue weighted by molar-refractivity contribution is 7.07. The predicted molar refractivity (Wildman–Crippen MR) is 56.8 cm³/mol. The number of thiophene rings is 1. The van der Waals surface area contributed by atoms with Crippen molar-refractivity contribution in [3.8, 4) is 0 Å². The summed E-state index contributed by atoms with van der Waals surface area (Å²) in [7, 11) is 0. The molecule has 2 heteroatoms. The summed E-state index contributed by atoms with van der Waals surface area (Å²) in [4.78, 5) is 0. The molecule has 0 amide bonds. The van der Waals surface area contributed by atoms with Crippen LogP contribution < -0.4 is 5.32 Å². The van der Waals surface area contributed by atoms with Crippen LogP contribution in [0, 0.1) is 0 Å². The second-order valence-electron chi connectivity index (χ2n) is 3.97. The van der Waals surface area contributed by atoms with E-state index in [1.165, 1.54) is 44.2 Å². The molecular formula is C11H18NS+. The van der Waals surface area contributed by atoms with E-state index in [0.29, 0.717) is 0 Å². The summed E-state index contributed by atoms with van der Waals surface area (Å²) in [5.74, 6) is 0. The van der Waals surface area contributed by atoms with Gasteiger partial charge in [-0.05, 0) is 42.5 Å². The number of rotatable bonds is 3. The second-order valence-corrected chi connectivity index (χ2v) is 4.75. The van der Waals surface area contributed by atoms with E-state index in [4.69, 9.17) is 0 Å². The summed E-state index contributed by atoms with van der Waals surface area (Å²) >= 11 is 1.81. The van der Waals surface area contributed by atoms with E-state index in [2.05, 4.69) is 22.1 Å². The molecule has 0 saturated heterocycles. The SMILES string of the molecule is c1cc(C[NH2+]C2CCCCC2)cs1. The lowest BCUT2D eigenvalue weighted by Crippen LogP contribution is -2.88. The van der Waals surface area contributed by atoms with Gasteiger partial charge in [-0.2, -0.15) is 11.3 Å². The fraction of sp³-hybridized carbons (Fsp3) is 0.636. The first-order chi connectivity index (χ1) is 6.45. The minimum absolute atomic E-state index is 0.911. The predicted octanol–water partition coefficient (Wildman–Crippen LogP) is 2.14. The van der Waals surface area contributed by atoms with Crippen molar-refractivity contribution in [1.82, 2.24) is 0 Å². The van der Waals surface area contributed by atoms with E-state index in [1.807, 2.05) is 0 Å². The average Bonchev–Trinajstić information content (AvgIpc) is 2.69. The lowest BCUT2D eigenvalue weighted by molar-refractivity contribution is -0.706. The quantitative estimate of drug-likeness (QED) is 0.763. The molecule has 2 rings (SSSR count). The van der Waals surface area contributed by atoms with E-state index in [9.17, 15) is 0 Å². The number of nitrogens with two attached hydrogens (primary N) is 1. The van der Waals surface area contributed by atoms with Crippen molar-refractivity contribution < 1.29 is 5.32 Å². The zero-order valence-corrected chi connectivity index (χ0v) is 8.85. The van der Waals surface area contributed by atoms with Crippen molar-refractivity contribution in [3.05, 3.63) is 22.4 Å². The first-order valence-electron chi connectivity index (χ1n) is 5.29. The molecule has 1 heterocycles. The van der Waals surface area contributed by atoms with Gasteiger partial charge in [-0.1, -0.05) is 6.42 Å². The Morgan fingerprint density at radius 1 is 1.31 bits per heavy atom. The van der Waals surface area contributed by atoms with Crippen LogP contribution in [0.4, 0.5) is 0 Å². The van der Waals surface area contributed by atoms with Gasteiger partial charge in [-0.3, -0.25) is 0 Å². The molecule has 1 saturated carbocycles. The molecule has 2 N–H and O–H groups in total. The average molecular weight is 196 g/mol. The standard InChI is InChI=1S/C11H17NS/c1-2-4-11(5-3-1)12-8-10-6-7-13-9-10/h6-7,9,11-12H,1-5,8H2/p+1. The minimum Gasteiger partial charge on any atom is -0.340 e. The van der Waals surface area contributed by atoms with Crippen LogP contribution in [0.1, 0.15) is 37.7 Å². The van der Waals surface area contributed by atoms with Crippen LogP contribution >= 0.6 is 11.3 Å². The van der Waals surface area contributed by atoms with Gasteiger partial charge in [-0.25, -0.2) is 0 Å². The first kappa shape index (κ1) is 9.22. The Labute approximate surface area is 84.2 Å². The van der Waals surface area contributed by atoms with Gasteiger partial charge in [0.05, 0.1) is 6.04 Å². The summed E-state index contributed by atoms with van der Waals surface area (Å²) in [5.41, 5.74) is 1.50. The van der Waals surface area contributed by atoms with Crippen LogP contribution in [-0.2, 0) is 6.54 Å². The highest BCUT2D eigenvalue weighted by atomic mass is 32.1. The zero-order chi connectivity index (χ0) is 8.93. The molecule has 0 aliphatic heterocycles. The molecular weight excluding hydrogens is 178 g/mol. The van der Waals surface area contributed by atoms with Crippen molar-refractivity contribution in [2.45, 2.75) is 44.7 Å². The smallest absolute Gasteiger partial charge is 0.102 e. The Kier molecular flexibility index (Phi) is 3.39. The number of hydrogen-bond donors (Lipinski definition) is 1. The molecule has 1 aliphatic carbocycles. The van der Waals surface area contributed by atoms with E-state index in [0.717, 1.165) is 6.04 Å². The van der Waals surface area contributed by atoms with Crippen molar-refractivity contribution in [3.63, 3.8) is 0 Å². The van der Waals surface area contributed by atoms with Crippen molar-refractivity contribution in [2.75, 3.05) is 0 Å². The fourth-order valence-electron chi connectivity index (χ4n) is 2.08. The molecule has 0 atom stereocenters. The third-order valence-electron chi connectivity index (χ3n) is 2.92. The van der Waals surface area contributed by atoms with Crippen molar-refractivity contribution in [2.24, 2.45) is 0 Å². The molecule has 1 aromatic heterocycles. The largest absolute Gasteiger partial charge is 0.340 e. The van der Waals surface area contributed by atoms with Crippen LogP contribution in [0.15, 0.2) is 16.8 Å². The van der Waals surface area contributed by atoms with Crippen LogP contribution in [0.25, 0.3) is 0 Å². The highest BCUT2D eigenvalue weighted by Crippen LogP contribution is 2.14. The summed E-state index contributed by atoms with van der Waals surface area (Å²) in [5, 5.41) is 6.96. The Bertz CT molecular complexity index is 224. The lowest BCUT2D eigenvalue weighted by atomic mass is 9.95. The molecule has 1 nitrogen and oxygen atoms in total. The third kappa shape index (κ3) is 2.82. The maximum absolute atomic E-state index is 2.53. The number of quaternary nitrogens is 1. The molecule has 0 spiro atoms. The van der Waals surface area contributed by atoms with Crippen LogP contribution in [-0.4, -0.2) is 6.04 Å². The van der Waals surface area contributed by atoms with Crippen molar-refractivity contribution in [1.29, 1.82) is 0 Å². The van der Waals surface area contributed by atoms with E-state index < -0.39 is 0 Å². The maximum atomic E-state index is 2.53. The normalized spacial score (nSPS) is 19.1. The Morgan fingerprint density at radius 3 is 2.85 bits per heavy atom. The molecule has 0 unspecified atom stereocenters. The topological polar surface area (TPSA) is 16.6 Å². The third-order valence-corrected chi connectivity index (χ3v) is 3.65. The summed E-state index contributed by atoms with van der Waals surface area (Å²) in [6, 6.07) is 3.15. The van der Waals surface area contributed by atoms with Gasteiger partial charge < -0.3 is 5.32 Å². The zero-order valence-electron chi connectivity index (χ0n) is 8.04. The van der Waals surface area contributed by atoms with Gasteiger partial charge >= 0.3 is 0 Å². The molecule has 1 aromatic rings. The molecule has 13 heavy (non-hydrogen) atoms. The van der Waals surface area contributed by atoms with Crippen LogP contribution in [0.2, 0.25) is 0 Å². The number of hydrogen-bond acceptors (Lipinski definition) is 1. The van der Waals surface area contributed by atoms with E-state index in [1.54, 1.807) is 11.3 Å². The van der Waals surface area contributed by atoms with Gasteiger partial charge in [0.25, 0.3) is 0 Å². The lowest BCUT2D eigenvalue weighted by Gasteiger charge is -2.19. The first-order valence-corrected chi connectivity index (χ1v) is 6.24. The minimum atomic E-state index is 0.911. The monoisotopic (exact) mass is 196 g/mol. The van der Waals surface area contributed by atoms with Gasteiger partial charge in [-0.15, -0.1) is 0 Å². The van der Waals surface area contributed by atoms with Gasteiger partial charge in [0.15, 0.2) is 0 Å². The summed E-state index contributed by atoms with van der Waals surface area (Å²) in [6.45, 7) is 1.19. The molecule has 1 fully saturated rings. The van der Waals surface area contributed by atoms with E-state index in [-0.39, 0.29) is 0 Å². The Balaban J connectivity index is 1.72. The fourth-order valence-corrected chi connectivity index (χ4v) is 2.76. The van der Waals surface area contributed by atoms with E-state index >= 15 is 0 Å². The Hall–Kier alpha value is -0.340. The molecule has 0 bridgehead atoms. The molecule has 72 valence electrons. The summed E-state index contributed by atoms with van der Waals surface area (Å²) < 4.78 is 0. The second kappa shape index (κ2) is 4.77. The molecule has 1 aliphatic rings. The van der Waals surface area contributed by atoms with Crippen LogP contribution in [0.5, 0.6) is 0 Å². The molecule has 0 radical (unpaired) electrons. The van der Waals surface area contributed by atoms with Gasteiger partial charge in [0, 0.05) is 5.56 Å². The van der Waals surface area contributed by atoms with Crippen molar-refractivity contribution >= 4 is 11.3 Å². The Morgan fingerprint density at radius 2 is 2.15 bits per heavy atom.